The van der Waals surface area contributed by atoms with E-state index < -0.39 is 5.56 Å². The van der Waals surface area contributed by atoms with Crippen LogP contribution < -0.4 is 10.3 Å². The second kappa shape index (κ2) is 5.80. The second-order valence-electron chi connectivity index (χ2n) is 4.10. The Bertz CT molecular complexity index is 747. The van der Waals surface area contributed by atoms with Crippen molar-refractivity contribution >= 4 is 11.8 Å². The van der Waals surface area contributed by atoms with E-state index in [1.807, 2.05) is 25.3 Å². The molecule has 102 valence electrons. The van der Waals surface area contributed by atoms with Gasteiger partial charge in [0.25, 0.3) is 5.56 Å². The van der Waals surface area contributed by atoms with Gasteiger partial charge in [0, 0.05) is 5.56 Å². The van der Waals surface area contributed by atoms with Gasteiger partial charge in [0.2, 0.25) is 0 Å². The Morgan fingerprint density at radius 2 is 2.20 bits per heavy atom. The van der Waals surface area contributed by atoms with Crippen molar-refractivity contribution in [3.05, 3.63) is 39.7 Å². The van der Waals surface area contributed by atoms with E-state index in [0.717, 1.165) is 16.9 Å². The quantitative estimate of drug-likeness (QED) is 0.692. The van der Waals surface area contributed by atoms with Crippen molar-refractivity contribution in [1.29, 1.82) is 5.26 Å². The number of benzene rings is 1. The van der Waals surface area contributed by atoms with Crippen molar-refractivity contribution in [3.63, 3.8) is 0 Å². The molecule has 0 saturated carbocycles. The topological polar surface area (TPSA) is 78.8 Å². The van der Waals surface area contributed by atoms with Gasteiger partial charge >= 0.3 is 0 Å². The molecule has 0 radical (unpaired) electrons. The standard InChI is InChI=1S/C14H13N3O2S/c1-8-6-9(4-5-11(8)19-2)12-10(7-15)13(18)17-14(16-12)20-3/h4-6H,1-3H3,(H,16,17,18). The van der Waals surface area contributed by atoms with E-state index in [1.54, 1.807) is 19.2 Å². The van der Waals surface area contributed by atoms with Crippen molar-refractivity contribution in [3.8, 4) is 23.1 Å². The third-order valence-electron chi connectivity index (χ3n) is 2.87. The summed E-state index contributed by atoms with van der Waals surface area (Å²) in [6, 6.07) is 7.36. The molecule has 0 aliphatic rings. The first-order valence-electron chi connectivity index (χ1n) is 5.84. The predicted octanol–water partition coefficient (Wildman–Crippen LogP) is 2.35. The van der Waals surface area contributed by atoms with Gasteiger partial charge in [-0.2, -0.15) is 5.26 Å². The fourth-order valence-corrected chi connectivity index (χ4v) is 2.26. The van der Waals surface area contributed by atoms with Gasteiger partial charge in [-0.25, -0.2) is 4.98 Å². The minimum absolute atomic E-state index is 0.0207. The monoisotopic (exact) mass is 287 g/mol. The molecular weight excluding hydrogens is 274 g/mol. The Balaban J connectivity index is 2.68. The first kappa shape index (κ1) is 14.2. The number of ether oxygens (including phenoxy) is 1. The minimum atomic E-state index is -0.421. The third kappa shape index (κ3) is 2.53. The van der Waals surface area contributed by atoms with Crippen LogP contribution >= 0.6 is 11.8 Å². The first-order chi connectivity index (χ1) is 9.60. The number of rotatable bonds is 3. The van der Waals surface area contributed by atoms with Gasteiger partial charge in [-0.3, -0.25) is 4.79 Å². The summed E-state index contributed by atoms with van der Waals surface area (Å²) in [6.07, 6.45) is 1.81. The Labute approximate surface area is 120 Å². The van der Waals surface area contributed by atoms with Gasteiger partial charge in [-0.15, -0.1) is 0 Å². The molecule has 1 N–H and O–H groups in total. The first-order valence-corrected chi connectivity index (χ1v) is 7.06. The average molecular weight is 287 g/mol. The van der Waals surface area contributed by atoms with Crippen LogP contribution in [0.2, 0.25) is 0 Å². The smallest absolute Gasteiger partial charge is 0.270 e. The van der Waals surface area contributed by atoms with Gasteiger partial charge in [-0.05, 0) is 36.9 Å². The summed E-state index contributed by atoms with van der Waals surface area (Å²) in [6.45, 7) is 1.90. The van der Waals surface area contributed by atoms with Crippen LogP contribution in [0.3, 0.4) is 0 Å². The van der Waals surface area contributed by atoms with Crippen LogP contribution in [0.5, 0.6) is 5.75 Å². The highest BCUT2D eigenvalue weighted by atomic mass is 32.2. The zero-order valence-electron chi connectivity index (χ0n) is 11.4. The average Bonchev–Trinajstić information content (AvgIpc) is 2.46. The fraction of sp³-hybridized carbons (Fsp3) is 0.214. The number of hydrogen-bond acceptors (Lipinski definition) is 5. The highest BCUT2D eigenvalue weighted by Gasteiger charge is 2.14. The van der Waals surface area contributed by atoms with Crippen LogP contribution in [-0.4, -0.2) is 23.3 Å². The summed E-state index contributed by atoms with van der Waals surface area (Å²) in [4.78, 5) is 18.8. The minimum Gasteiger partial charge on any atom is -0.496 e. The lowest BCUT2D eigenvalue weighted by atomic mass is 10.0. The summed E-state index contributed by atoms with van der Waals surface area (Å²) in [7, 11) is 1.60. The van der Waals surface area contributed by atoms with Crippen molar-refractivity contribution in [2.45, 2.75) is 12.1 Å². The molecule has 2 aromatic rings. The molecule has 0 spiro atoms. The van der Waals surface area contributed by atoms with Gasteiger partial charge in [-0.1, -0.05) is 11.8 Å². The van der Waals surface area contributed by atoms with Gasteiger partial charge in [0.05, 0.1) is 12.8 Å². The van der Waals surface area contributed by atoms with Gasteiger partial charge in [0.15, 0.2) is 5.16 Å². The van der Waals surface area contributed by atoms with Crippen molar-refractivity contribution < 1.29 is 4.74 Å². The number of aryl methyl sites for hydroxylation is 1. The van der Waals surface area contributed by atoms with Crippen LogP contribution in [0.4, 0.5) is 0 Å². The molecule has 1 aromatic heterocycles. The Kier molecular flexibility index (Phi) is 4.11. The molecule has 0 unspecified atom stereocenters. The van der Waals surface area contributed by atoms with Crippen LogP contribution in [0.25, 0.3) is 11.3 Å². The second-order valence-corrected chi connectivity index (χ2v) is 4.89. The number of aromatic nitrogens is 2. The molecule has 0 aliphatic carbocycles. The van der Waals surface area contributed by atoms with Gasteiger partial charge < -0.3 is 9.72 Å². The molecular formula is C14H13N3O2S. The van der Waals surface area contributed by atoms with E-state index in [0.29, 0.717) is 10.9 Å². The number of nitrogens with zero attached hydrogens (tertiary/aromatic N) is 2. The molecule has 0 amide bonds. The summed E-state index contributed by atoms with van der Waals surface area (Å²) in [5, 5.41) is 9.64. The van der Waals surface area contributed by atoms with Crippen molar-refractivity contribution in [2.24, 2.45) is 0 Å². The van der Waals surface area contributed by atoms with Crippen molar-refractivity contribution in [2.75, 3.05) is 13.4 Å². The maximum absolute atomic E-state index is 11.9. The van der Waals surface area contributed by atoms with Crippen LogP contribution in [0.15, 0.2) is 28.2 Å². The highest BCUT2D eigenvalue weighted by Crippen LogP contribution is 2.26. The molecule has 20 heavy (non-hydrogen) atoms. The molecule has 1 aromatic carbocycles. The van der Waals surface area contributed by atoms with Crippen LogP contribution in [-0.2, 0) is 0 Å². The molecule has 1 heterocycles. The number of methoxy groups -OCH3 is 1. The maximum atomic E-state index is 11.9. The van der Waals surface area contributed by atoms with E-state index in [-0.39, 0.29) is 5.56 Å². The van der Waals surface area contributed by atoms with E-state index in [9.17, 15) is 4.79 Å². The summed E-state index contributed by atoms with van der Waals surface area (Å²) in [5.74, 6) is 0.752. The lowest BCUT2D eigenvalue weighted by molar-refractivity contribution is 0.412. The zero-order valence-corrected chi connectivity index (χ0v) is 12.2. The molecule has 6 heteroatoms. The Morgan fingerprint density at radius 1 is 1.45 bits per heavy atom. The third-order valence-corrected chi connectivity index (χ3v) is 3.45. The molecule has 0 saturated heterocycles. The fourth-order valence-electron chi connectivity index (χ4n) is 1.89. The van der Waals surface area contributed by atoms with Crippen LogP contribution in [0, 0.1) is 18.3 Å². The Morgan fingerprint density at radius 3 is 2.75 bits per heavy atom. The number of thioether (sulfide) groups is 1. The van der Waals surface area contributed by atoms with Crippen LogP contribution in [0.1, 0.15) is 11.1 Å². The van der Waals surface area contributed by atoms with E-state index in [1.165, 1.54) is 11.8 Å². The summed E-state index contributed by atoms with van der Waals surface area (Å²) >= 11 is 1.32. The highest BCUT2D eigenvalue weighted by molar-refractivity contribution is 7.98. The summed E-state index contributed by atoms with van der Waals surface area (Å²) < 4.78 is 5.20. The van der Waals surface area contributed by atoms with Crippen molar-refractivity contribution in [1.82, 2.24) is 9.97 Å². The number of hydrogen-bond donors (Lipinski definition) is 1. The molecule has 0 aliphatic heterocycles. The molecule has 5 nitrogen and oxygen atoms in total. The maximum Gasteiger partial charge on any atom is 0.270 e. The van der Waals surface area contributed by atoms with E-state index >= 15 is 0 Å². The number of H-pyrrole nitrogens is 1. The number of nitriles is 1. The predicted molar refractivity (Wildman–Crippen MR) is 78.1 cm³/mol. The molecule has 0 fully saturated rings. The SMILES string of the molecule is COc1ccc(-c2nc(SC)[nH]c(=O)c2C#N)cc1C. The lowest BCUT2D eigenvalue weighted by Crippen LogP contribution is -2.14. The molecule has 0 atom stereocenters. The Hall–Kier alpha value is -2.26. The summed E-state index contributed by atoms with van der Waals surface area (Å²) in [5.41, 5.74) is 1.64. The normalized spacial score (nSPS) is 10.1. The van der Waals surface area contributed by atoms with Gasteiger partial charge in [0.1, 0.15) is 17.4 Å². The lowest BCUT2D eigenvalue weighted by Gasteiger charge is -2.08. The number of nitrogens with one attached hydrogen (secondary N) is 1. The zero-order chi connectivity index (χ0) is 14.7. The molecule has 0 bridgehead atoms. The van der Waals surface area contributed by atoms with E-state index in [2.05, 4.69) is 9.97 Å². The van der Waals surface area contributed by atoms with E-state index in [4.69, 9.17) is 10.00 Å². The largest absolute Gasteiger partial charge is 0.496 e. The molecule has 2 rings (SSSR count). The number of aromatic amines is 1.